The molecule has 0 aromatic heterocycles. The van der Waals surface area contributed by atoms with Crippen LogP contribution in [0.3, 0.4) is 0 Å². The molecule has 0 unspecified atom stereocenters. The minimum Gasteiger partial charge on any atom is -0.339 e. The average Bonchev–Trinajstić information content (AvgIpc) is 3.29. The van der Waals surface area contributed by atoms with Crippen molar-refractivity contribution in [1.82, 2.24) is 15.1 Å². The number of hydrogen-bond donors (Lipinski definition) is 1. The SMILES string of the molecule is CC(=O)N1CCN(C(=O)NC2(Cc3ccc(C)cc3)CC2)CC1. The smallest absolute Gasteiger partial charge is 0.317 e. The van der Waals surface area contributed by atoms with E-state index in [1.807, 2.05) is 4.90 Å². The number of urea groups is 1. The zero-order chi connectivity index (χ0) is 16.4. The van der Waals surface area contributed by atoms with Crippen LogP contribution in [0, 0.1) is 6.92 Å². The predicted octanol–water partition coefficient (Wildman–Crippen LogP) is 1.94. The third-order valence-corrected chi connectivity index (χ3v) is 4.90. The Morgan fingerprint density at radius 1 is 1.04 bits per heavy atom. The van der Waals surface area contributed by atoms with Crippen LogP contribution in [-0.4, -0.2) is 53.5 Å². The van der Waals surface area contributed by atoms with E-state index in [0.29, 0.717) is 26.2 Å². The van der Waals surface area contributed by atoms with E-state index >= 15 is 0 Å². The summed E-state index contributed by atoms with van der Waals surface area (Å²) in [6.45, 7) is 6.16. The molecule has 2 aliphatic rings. The maximum Gasteiger partial charge on any atom is 0.317 e. The number of nitrogens with zero attached hydrogens (tertiary/aromatic N) is 2. The Hall–Kier alpha value is -2.04. The Kier molecular flexibility index (Phi) is 4.28. The van der Waals surface area contributed by atoms with Gasteiger partial charge in [-0.25, -0.2) is 4.79 Å². The molecule has 2 fully saturated rings. The summed E-state index contributed by atoms with van der Waals surface area (Å²) in [5.74, 6) is 0.0862. The summed E-state index contributed by atoms with van der Waals surface area (Å²) in [6.07, 6.45) is 2.98. The first kappa shape index (κ1) is 15.8. The Balaban J connectivity index is 1.53. The molecule has 1 saturated heterocycles. The molecule has 1 aromatic rings. The molecule has 3 amide bonds. The highest BCUT2D eigenvalue weighted by molar-refractivity contribution is 5.77. The van der Waals surface area contributed by atoms with E-state index in [0.717, 1.165) is 19.3 Å². The van der Waals surface area contributed by atoms with Crippen LogP contribution in [0.4, 0.5) is 4.79 Å². The molecule has 1 N–H and O–H groups in total. The van der Waals surface area contributed by atoms with Gasteiger partial charge in [-0.15, -0.1) is 0 Å². The lowest BCUT2D eigenvalue weighted by atomic mass is 10.0. The molecule has 23 heavy (non-hydrogen) atoms. The summed E-state index contributed by atoms with van der Waals surface area (Å²) in [6, 6.07) is 8.54. The number of piperazine rings is 1. The minimum atomic E-state index is -0.0654. The van der Waals surface area contributed by atoms with Crippen molar-refractivity contribution in [3.63, 3.8) is 0 Å². The Bertz CT molecular complexity index is 585. The second kappa shape index (κ2) is 6.22. The standard InChI is InChI=1S/C18H25N3O2/c1-14-3-5-16(6-4-14)13-18(7-8-18)19-17(23)21-11-9-20(10-12-21)15(2)22/h3-6H,7-13H2,1-2H3,(H,19,23). The second-order valence-corrected chi connectivity index (χ2v) is 6.87. The van der Waals surface area contributed by atoms with Crippen LogP contribution in [-0.2, 0) is 11.2 Å². The van der Waals surface area contributed by atoms with Gasteiger partial charge in [-0.1, -0.05) is 29.8 Å². The molecular weight excluding hydrogens is 290 g/mol. The van der Waals surface area contributed by atoms with Crippen molar-refractivity contribution in [1.29, 1.82) is 0 Å². The molecule has 0 bridgehead atoms. The van der Waals surface area contributed by atoms with Gasteiger partial charge in [0.05, 0.1) is 0 Å². The molecule has 0 radical (unpaired) electrons. The van der Waals surface area contributed by atoms with Gasteiger partial charge in [-0.3, -0.25) is 4.79 Å². The van der Waals surface area contributed by atoms with E-state index in [4.69, 9.17) is 0 Å². The third kappa shape index (κ3) is 3.84. The fraction of sp³-hybridized carbons (Fsp3) is 0.556. The number of aryl methyl sites for hydroxylation is 1. The lowest BCUT2D eigenvalue weighted by Gasteiger charge is -2.35. The summed E-state index contributed by atoms with van der Waals surface area (Å²) in [5.41, 5.74) is 2.46. The molecule has 3 rings (SSSR count). The van der Waals surface area contributed by atoms with Crippen molar-refractivity contribution in [3.8, 4) is 0 Å². The first-order valence-corrected chi connectivity index (χ1v) is 8.36. The maximum absolute atomic E-state index is 12.5. The first-order valence-electron chi connectivity index (χ1n) is 8.36. The van der Waals surface area contributed by atoms with Gasteiger partial charge < -0.3 is 15.1 Å². The lowest BCUT2D eigenvalue weighted by Crippen LogP contribution is -2.55. The van der Waals surface area contributed by atoms with Gasteiger partial charge in [0.15, 0.2) is 0 Å². The summed E-state index contributed by atoms with van der Waals surface area (Å²) in [4.78, 5) is 27.5. The molecule has 5 heteroatoms. The number of benzene rings is 1. The van der Waals surface area contributed by atoms with E-state index < -0.39 is 0 Å². The van der Waals surface area contributed by atoms with E-state index in [1.165, 1.54) is 11.1 Å². The zero-order valence-corrected chi connectivity index (χ0v) is 14.0. The van der Waals surface area contributed by atoms with Crippen molar-refractivity contribution in [3.05, 3.63) is 35.4 Å². The quantitative estimate of drug-likeness (QED) is 0.927. The highest BCUT2D eigenvalue weighted by Crippen LogP contribution is 2.38. The summed E-state index contributed by atoms with van der Waals surface area (Å²) >= 11 is 0. The van der Waals surface area contributed by atoms with Gasteiger partial charge in [-0.2, -0.15) is 0 Å². The zero-order valence-electron chi connectivity index (χ0n) is 14.0. The van der Waals surface area contributed by atoms with Crippen molar-refractivity contribution >= 4 is 11.9 Å². The molecule has 0 spiro atoms. The van der Waals surface area contributed by atoms with Gasteiger partial charge in [0.2, 0.25) is 5.91 Å². The van der Waals surface area contributed by atoms with Gasteiger partial charge in [0.25, 0.3) is 0 Å². The number of rotatable bonds is 3. The number of hydrogen-bond acceptors (Lipinski definition) is 2. The molecule has 5 nitrogen and oxygen atoms in total. The molecular formula is C18H25N3O2. The summed E-state index contributed by atoms with van der Waals surface area (Å²) < 4.78 is 0. The van der Waals surface area contributed by atoms with Gasteiger partial charge in [-0.05, 0) is 31.7 Å². The van der Waals surface area contributed by atoms with Crippen LogP contribution in [0.2, 0.25) is 0 Å². The highest BCUT2D eigenvalue weighted by Gasteiger charge is 2.44. The van der Waals surface area contributed by atoms with Crippen LogP contribution < -0.4 is 5.32 Å². The summed E-state index contributed by atoms with van der Waals surface area (Å²) in [7, 11) is 0. The first-order chi connectivity index (χ1) is 11.0. The molecule has 1 heterocycles. The number of nitrogens with one attached hydrogen (secondary N) is 1. The van der Waals surface area contributed by atoms with Crippen molar-refractivity contribution in [2.75, 3.05) is 26.2 Å². The van der Waals surface area contributed by atoms with Crippen LogP contribution in [0.25, 0.3) is 0 Å². The minimum absolute atomic E-state index is 0.0119. The maximum atomic E-state index is 12.5. The number of carbonyl (C=O) groups excluding carboxylic acids is 2. The van der Waals surface area contributed by atoms with Crippen molar-refractivity contribution in [2.45, 2.75) is 38.6 Å². The molecule has 1 saturated carbocycles. The molecule has 124 valence electrons. The average molecular weight is 315 g/mol. The Morgan fingerprint density at radius 2 is 1.61 bits per heavy atom. The van der Waals surface area contributed by atoms with Crippen LogP contribution in [0.1, 0.15) is 30.9 Å². The topological polar surface area (TPSA) is 52.7 Å². The molecule has 0 atom stereocenters. The Morgan fingerprint density at radius 3 is 2.13 bits per heavy atom. The van der Waals surface area contributed by atoms with Gasteiger partial charge in [0, 0.05) is 38.6 Å². The highest BCUT2D eigenvalue weighted by atomic mass is 16.2. The normalized spacial score (nSPS) is 19.4. The molecule has 1 aromatic carbocycles. The van der Waals surface area contributed by atoms with Crippen molar-refractivity contribution in [2.24, 2.45) is 0 Å². The Labute approximate surface area is 137 Å². The van der Waals surface area contributed by atoms with E-state index in [1.54, 1.807) is 11.8 Å². The van der Waals surface area contributed by atoms with Crippen molar-refractivity contribution < 1.29 is 9.59 Å². The van der Waals surface area contributed by atoms with E-state index in [9.17, 15) is 9.59 Å². The monoisotopic (exact) mass is 315 g/mol. The van der Waals surface area contributed by atoms with E-state index in [2.05, 4.69) is 36.5 Å². The van der Waals surface area contributed by atoms with Gasteiger partial charge in [0.1, 0.15) is 0 Å². The van der Waals surface area contributed by atoms with E-state index in [-0.39, 0.29) is 17.5 Å². The predicted molar refractivity (Wildman–Crippen MR) is 89.2 cm³/mol. The van der Waals surface area contributed by atoms with Crippen LogP contribution in [0.5, 0.6) is 0 Å². The lowest BCUT2D eigenvalue weighted by molar-refractivity contribution is -0.130. The number of amides is 3. The molecule has 1 aliphatic heterocycles. The second-order valence-electron chi connectivity index (χ2n) is 6.87. The van der Waals surface area contributed by atoms with Gasteiger partial charge >= 0.3 is 6.03 Å². The fourth-order valence-corrected chi connectivity index (χ4v) is 3.12. The third-order valence-electron chi connectivity index (χ3n) is 4.90. The largest absolute Gasteiger partial charge is 0.339 e. The number of carbonyl (C=O) groups is 2. The molecule has 1 aliphatic carbocycles. The fourth-order valence-electron chi connectivity index (χ4n) is 3.12. The summed E-state index contributed by atoms with van der Waals surface area (Å²) in [5, 5.41) is 3.23. The van der Waals surface area contributed by atoms with Crippen LogP contribution in [0.15, 0.2) is 24.3 Å². The van der Waals surface area contributed by atoms with Crippen LogP contribution >= 0.6 is 0 Å².